The van der Waals surface area contributed by atoms with Gasteiger partial charge in [-0.2, -0.15) is 0 Å². The van der Waals surface area contributed by atoms with Gasteiger partial charge in [0.25, 0.3) is 5.91 Å². The van der Waals surface area contributed by atoms with Crippen LogP contribution in [0.3, 0.4) is 0 Å². The number of aromatic nitrogens is 2. The second-order valence-corrected chi connectivity index (χ2v) is 7.11. The number of nitrogens with one attached hydrogen (secondary N) is 1. The molecule has 30 heavy (non-hydrogen) atoms. The molecule has 1 unspecified atom stereocenters. The normalized spacial score (nSPS) is 17.8. The first-order valence-corrected chi connectivity index (χ1v) is 8.98. The Bertz CT molecular complexity index is 1200. The standard InChI is InChI=1S/C21H16F3N5O/c1-21(8-11-4-5-26-10-14(11)19(25)29-21)15-7-13(2-3-16(15)23)28-20(30)18-17(24)6-12(22)9-27-18/h2-7,9-10H,8H2,1H3,(H2,25,29)(H,28,30). The summed E-state index contributed by atoms with van der Waals surface area (Å²) in [5.41, 5.74) is 6.44. The second kappa shape index (κ2) is 7.25. The van der Waals surface area contributed by atoms with E-state index >= 15 is 0 Å². The second-order valence-electron chi connectivity index (χ2n) is 7.11. The van der Waals surface area contributed by atoms with Crippen molar-refractivity contribution < 1.29 is 18.0 Å². The summed E-state index contributed by atoms with van der Waals surface area (Å²) in [5, 5.41) is 2.45. The molecule has 0 aliphatic carbocycles. The predicted octanol–water partition coefficient (Wildman–Crippen LogP) is 3.32. The van der Waals surface area contributed by atoms with Crippen LogP contribution in [0, 0.1) is 17.5 Å². The highest BCUT2D eigenvalue weighted by Crippen LogP contribution is 2.37. The van der Waals surface area contributed by atoms with E-state index in [1.807, 2.05) is 0 Å². The quantitative estimate of drug-likeness (QED) is 0.692. The highest BCUT2D eigenvalue weighted by atomic mass is 19.1. The van der Waals surface area contributed by atoms with Gasteiger partial charge in [0.1, 0.15) is 17.5 Å². The Morgan fingerprint density at radius 3 is 2.70 bits per heavy atom. The van der Waals surface area contributed by atoms with Crippen LogP contribution < -0.4 is 11.1 Å². The number of benzene rings is 1. The number of fused-ring (bicyclic) bond motifs is 1. The summed E-state index contributed by atoms with van der Waals surface area (Å²) in [6, 6.07) is 6.28. The number of halogens is 3. The zero-order chi connectivity index (χ0) is 21.5. The molecule has 9 heteroatoms. The molecule has 1 aliphatic heterocycles. The fourth-order valence-electron chi connectivity index (χ4n) is 3.49. The van der Waals surface area contributed by atoms with Gasteiger partial charge in [-0.1, -0.05) is 0 Å². The van der Waals surface area contributed by atoms with Crippen molar-refractivity contribution in [2.24, 2.45) is 10.7 Å². The molecule has 1 amide bonds. The van der Waals surface area contributed by atoms with Crippen LogP contribution in [-0.4, -0.2) is 21.7 Å². The third kappa shape index (κ3) is 3.49. The van der Waals surface area contributed by atoms with Crippen LogP contribution >= 0.6 is 0 Å². The van der Waals surface area contributed by atoms with E-state index in [0.29, 0.717) is 18.1 Å². The average Bonchev–Trinajstić information content (AvgIpc) is 2.69. The molecule has 3 N–H and O–H groups in total. The topological polar surface area (TPSA) is 93.3 Å². The molecule has 0 bridgehead atoms. The Morgan fingerprint density at radius 2 is 1.93 bits per heavy atom. The molecule has 0 saturated heterocycles. The van der Waals surface area contributed by atoms with Gasteiger partial charge in [0.15, 0.2) is 11.5 Å². The number of pyridine rings is 2. The number of anilines is 1. The van der Waals surface area contributed by atoms with Gasteiger partial charge in [0.2, 0.25) is 0 Å². The van der Waals surface area contributed by atoms with Gasteiger partial charge in [-0.05, 0) is 36.8 Å². The van der Waals surface area contributed by atoms with Crippen LogP contribution in [0.25, 0.3) is 0 Å². The van der Waals surface area contributed by atoms with Crippen LogP contribution in [0.15, 0.2) is 53.9 Å². The maximum Gasteiger partial charge on any atom is 0.277 e. The largest absolute Gasteiger partial charge is 0.383 e. The first-order chi connectivity index (χ1) is 14.3. The van der Waals surface area contributed by atoms with Crippen LogP contribution in [0.4, 0.5) is 18.9 Å². The fourth-order valence-corrected chi connectivity index (χ4v) is 3.49. The van der Waals surface area contributed by atoms with Crippen molar-refractivity contribution in [3.8, 4) is 0 Å². The van der Waals surface area contributed by atoms with Crippen LogP contribution in [0.2, 0.25) is 0 Å². The molecular weight excluding hydrogens is 395 g/mol. The lowest BCUT2D eigenvalue weighted by atomic mass is 9.82. The Balaban J connectivity index is 1.67. The lowest BCUT2D eigenvalue weighted by molar-refractivity contribution is 0.101. The van der Waals surface area contributed by atoms with Crippen LogP contribution in [-0.2, 0) is 12.0 Å². The van der Waals surface area contributed by atoms with Crippen molar-refractivity contribution >= 4 is 17.4 Å². The molecular formula is C21H16F3N5O. The third-order valence-electron chi connectivity index (χ3n) is 4.92. The number of hydrogen-bond acceptors (Lipinski definition) is 5. The number of carbonyl (C=O) groups is 1. The van der Waals surface area contributed by atoms with E-state index in [1.54, 1.807) is 25.4 Å². The molecule has 152 valence electrons. The zero-order valence-corrected chi connectivity index (χ0v) is 15.8. The minimum absolute atomic E-state index is 0.206. The number of amidine groups is 1. The van der Waals surface area contributed by atoms with Gasteiger partial charge in [-0.3, -0.25) is 14.8 Å². The SMILES string of the molecule is CC1(c2cc(NC(=O)c3ncc(F)cc3F)ccc2F)Cc2ccncc2C(N)=N1. The predicted molar refractivity (Wildman–Crippen MR) is 105 cm³/mol. The molecule has 0 fully saturated rings. The van der Waals surface area contributed by atoms with Crippen molar-refractivity contribution in [3.63, 3.8) is 0 Å². The summed E-state index contributed by atoms with van der Waals surface area (Å²) in [6.45, 7) is 1.73. The number of carbonyl (C=O) groups excluding carboxylic acids is 1. The molecule has 0 saturated carbocycles. The average molecular weight is 411 g/mol. The van der Waals surface area contributed by atoms with Crippen molar-refractivity contribution in [2.75, 3.05) is 5.32 Å². The molecule has 2 aromatic heterocycles. The Hall–Kier alpha value is -3.75. The van der Waals surface area contributed by atoms with E-state index in [0.717, 1.165) is 11.8 Å². The Labute approximate surface area is 169 Å². The van der Waals surface area contributed by atoms with Crippen LogP contribution in [0.5, 0.6) is 0 Å². The highest BCUT2D eigenvalue weighted by Gasteiger charge is 2.34. The van der Waals surface area contributed by atoms with Crippen molar-refractivity contribution in [1.82, 2.24) is 9.97 Å². The summed E-state index contributed by atoms with van der Waals surface area (Å²) in [7, 11) is 0. The van der Waals surface area contributed by atoms with Gasteiger partial charge in [-0.15, -0.1) is 0 Å². The van der Waals surface area contributed by atoms with E-state index in [1.165, 1.54) is 18.2 Å². The summed E-state index contributed by atoms with van der Waals surface area (Å²) < 4.78 is 41.6. The third-order valence-corrected chi connectivity index (χ3v) is 4.92. The summed E-state index contributed by atoms with van der Waals surface area (Å²) in [4.78, 5) is 24.3. The van der Waals surface area contributed by atoms with Crippen molar-refractivity contribution in [3.05, 3.63) is 88.8 Å². The van der Waals surface area contributed by atoms with Gasteiger partial charge < -0.3 is 11.1 Å². The molecule has 3 heterocycles. The number of nitrogens with zero attached hydrogens (tertiary/aromatic N) is 3. The van der Waals surface area contributed by atoms with E-state index in [-0.39, 0.29) is 17.1 Å². The molecule has 6 nitrogen and oxygen atoms in total. The number of hydrogen-bond donors (Lipinski definition) is 2. The minimum Gasteiger partial charge on any atom is -0.383 e. The molecule has 1 aliphatic rings. The van der Waals surface area contributed by atoms with E-state index in [4.69, 9.17) is 5.73 Å². The monoisotopic (exact) mass is 411 g/mol. The number of aliphatic imine (C=N–C) groups is 1. The maximum absolute atomic E-state index is 14.7. The lowest BCUT2D eigenvalue weighted by Crippen LogP contribution is -2.34. The Morgan fingerprint density at radius 1 is 1.13 bits per heavy atom. The number of rotatable bonds is 3. The van der Waals surface area contributed by atoms with Crippen molar-refractivity contribution in [1.29, 1.82) is 0 Å². The zero-order valence-electron chi connectivity index (χ0n) is 15.8. The maximum atomic E-state index is 14.7. The molecule has 1 atom stereocenters. The van der Waals surface area contributed by atoms with Gasteiger partial charge in [-0.25, -0.2) is 18.2 Å². The van der Waals surface area contributed by atoms with Crippen molar-refractivity contribution in [2.45, 2.75) is 18.9 Å². The molecule has 0 radical (unpaired) electrons. The Kier molecular flexibility index (Phi) is 4.73. The molecule has 4 rings (SSSR count). The molecule has 1 aromatic carbocycles. The minimum atomic E-state index is -1.10. The lowest BCUT2D eigenvalue weighted by Gasteiger charge is -2.32. The summed E-state index contributed by atoms with van der Waals surface area (Å²) in [5.74, 6) is -3.19. The first-order valence-electron chi connectivity index (χ1n) is 8.98. The van der Waals surface area contributed by atoms with E-state index in [2.05, 4.69) is 20.3 Å². The van der Waals surface area contributed by atoms with E-state index in [9.17, 15) is 18.0 Å². The summed E-state index contributed by atoms with van der Waals surface area (Å²) in [6.07, 6.45) is 4.33. The van der Waals surface area contributed by atoms with Gasteiger partial charge in [0.05, 0.1) is 11.7 Å². The summed E-state index contributed by atoms with van der Waals surface area (Å²) >= 11 is 0. The van der Waals surface area contributed by atoms with E-state index < -0.39 is 34.6 Å². The van der Waals surface area contributed by atoms with Gasteiger partial charge in [0, 0.05) is 41.7 Å². The smallest absolute Gasteiger partial charge is 0.277 e. The van der Waals surface area contributed by atoms with Gasteiger partial charge >= 0.3 is 0 Å². The molecule has 0 spiro atoms. The highest BCUT2D eigenvalue weighted by molar-refractivity contribution is 6.03. The molecule has 3 aromatic rings. The first kappa shape index (κ1) is 19.6. The fraction of sp³-hybridized carbons (Fsp3) is 0.143. The van der Waals surface area contributed by atoms with Crippen LogP contribution in [0.1, 0.15) is 34.1 Å². The number of nitrogens with two attached hydrogens (primary N) is 1. The number of amides is 1.